The van der Waals surface area contributed by atoms with Crippen LogP contribution < -0.4 is 10.9 Å². The molecule has 7 nitrogen and oxygen atoms in total. The maximum absolute atomic E-state index is 12.8. The summed E-state index contributed by atoms with van der Waals surface area (Å²) in [7, 11) is 0. The number of nitrogens with zero attached hydrogens (tertiary/aromatic N) is 3. The van der Waals surface area contributed by atoms with Gasteiger partial charge < -0.3 is 10.2 Å². The van der Waals surface area contributed by atoms with Crippen LogP contribution >= 0.6 is 0 Å². The summed E-state index contributed by atoms with van der Waals surface area (Å²) in [6, 6.07) is 7.10. The number of aromatic nitrogens is 2. The molecule has 0 radical (unpaired) electrons. The summed E-state index contributed by atoms with van der Waals surface area (Å²) in [5, 5.41) is 8.62. The number of fused-ring (bicyclic) bond motifs is 1. The van der Waals surface area contributed by atoms with Crippen LogP contribution in [0.3, 0.4) is 0 Å². The van der Waals surface area contributed by atoms with E-state index in [0.717, 1.165) is 24.6 Å². The first-order chi connectivity index (χ1) is 12.5. The molecule has 136 valence electrons. The van der Waals surface area contributed by atoms with Crippen molar-refractivity contribution >= 4 is 22.6 Å². The van der Waals surface area contributed by atoms with E-state index in [9.17, 15) is 14.4 Å². The van der Waals surface area contributed by atoms with Crippen LogP contribution in [-0.2, 0) is 16.1 Å². The molecule has 1 aliphatic heterocycles. The fraction of sp³-hybridized carbons (Fsp3) is 0.474. The van der Waals surface area contributed by atoms with E-state index in [2.05, 4.69) is 10.4 Å². The van der Waals surface area contributed by atoms with E-state index in [0.29, 0.717) is 24.0 Å². The van der Waals surface area contributed by atoms with Gasteiger partial charge in [-0.3, -0.25) is 14.4 Å². The average Bonchev–Trinajstić information content (AvgIpc) is 3.30. The average molecular weight is 354 g/mol. The first kappa shape index (κ1) is 16.8. The zero-order chi connectivity index (χ0) is 18.3. The van der Waals surface area contributed by atoms with E-state index >= 15 is 0 Å². The zero-order valence-corrected chi connectivity index (χ0v) is 14.8. The van der Waals surface area contributed by atoms with Crippen molar-refractivity contribution in [1.82, 2.24) is 20.0 Å². The Kier molecular flexibility index (Phi) is 4.22. The predicted octanol–water partition coefficient (Wildman–Crippen LogP) is 0.975. The summed E-state index contributed by atoms with van der Waals surface area (Å²) < 4.78 is 1.22. The predicted molar refractivity (Wildman–Crippen MR) is 96.6 cm³/mol. The van der Waals surface area contributed by atoms with Gasteiger partial charge in [-0.1, -0.05) is 18.2 Å². The van der Waals surface area contributed by atoms with Crippen molar-refractivity contribution in [1.29, 1.82) is 0 Å². The molecule has 7 heteroatoms. The van der Waals surface area contributed by atoms with Crippen LogP contribution in [0.1, 0.15) is 31.4 Å². The van der Waals surface area contributed by atoms with Crippen LogP contribution in [-0.4, -0.2) is 45.1 Å². The summed E-state index contributed by atoms with van der Waals surface area (Å²) in [4.78, 5) is 39.4. The van der Waals surface area contributed by atoms with Gasteiger partial charge in [-0.15, -0.1) is 0 Å². The van der Waals surface area contributed by atoms with E-state index in [4.69, 9.17) is 0 Å². The SMILES string of the molecule is Cc1nn(CC(=O)N2CCC[C@H]2C(=O)NC2CC2)c(=O)c2ccccc12. The number of carbonyl (C=O) groups is 2. The van der Waals surface area contributed by atoms with Crippen LogP contribution in [0.5, 0.6) is 0 Å². The van der Waals surface area contributed by atoms with Gasteiger partial charge in [-0.25, -0.2) is 4.68 Å². The summed E-state index contributed by atoms with van der Waals surface area (Å²) in [5.74, 6) is -0.309. The molecule has 2 amide bonds. The number of carbonyl (C=O) groups excluding carboxylic acids is 2. The first-order valence-corrected chi connectivity index (χ1v) is 9.11. The van der Waals surface area contributed by atoms with Crippen molar-refractivity contribution < 1.29 is 9.59 Å². The zero-order valence-electron chi connectivity index (χ0n) is 14.8. The molecular formula is C19H22N4O3. The molecule has 1 atom stereocenters. The van der Waals surface area contributed by atoms with Crippen LogP contribution in [0.2, 0.25) is 0 Å². The van der Waals surface area contributed by atoms with Gasteiger partial charge in [0.25, 0.3) is 5.56 Å². The van der Waals surface area contributed by atoms with Crippen LogP contribution in [0, 0.1) is 6.92 Å². The number of hydrogen-bond donors (Lipinski definition) is 1. The van der Waals surface area contributed by atoms with Gasteiger partial charge in [0.05, 0.1) is 11.1 Å². The highest BCUT2D eigenvalue weighted by Gasteiger charge is 2.36. The lowest BCUT2D eigenvalue weighted by molar-refractivity contribution is -0.139. The minimum absolute atomic E-state index is 0.0756. The summed E-state index contributed by atoms with van der Waals surface area (Å²) >= 11 is 0. The van der Waals surface area contributed by atoms with Crippen molar-refractivity contribution in [3.8, 4) is 0 Å². The van der Waals surface area contributed by atoms with Crippen LogP contribution in [0.25, 0.3) is 10.8 Å². The van der Waals surface area contributed by atoms with Gasteiger partial charge in [0.15, 0.2) is 0 Å². The standard InChI is InChI=1S/C19H22N4O3/c1-12-14-5-2-3-6-15(14)19(26)23(21-12)11-17(24)22-10-4-7-16(22)18(25)20-13-8-9-13/h2-3,5-6,13,16H,4,7-11H2,1H3,(H,20,25)/t16-/m0/s1. The minimum Gasteiger partial charge on any atom is -0.352 e. The summed E-state index contributed by atoms with van der Waals surface area (Å²) in [6.45, 7) is 2.23. The lowest BCUT2D eigenvalue weighted by Crippen LogP contribution is -2.48. The molecule has 1 N–H and O–H groups in total. The molecule has 1 aromatic heterocycles. The molecule has 4 rings (SSSR count). The third-order valence-electron chi connectivity index (χ3n) is 5.14. The van der Waals surface area contributed by atoms with Crippen molar-refractivity contribution in [2.45, 2.75) is 51.2 Å². The first-order valence-electron chi connectivity index (χ1n) is 9.11. The molecule has 26 heavy (non-hydrogen) atoms. The highest BCUT2D eigenvalue weighted by atomic mass is 16.2. The molecule has 1 saturated heterocycles. The molecular weight excluding hydrogens is 332 g/mol. The van der Waals surface area contributed by atoms with E-state index in [1.807, 2.05) is 19.1 Å². The lowest BCUT2D eigenvalue weighted by Gasteiger charge is -2.24. The highest BCUT2D eigenvalue weighted by Crippen LogP contribution is 2.22. The monoisotopic (exact) mass is 354 g/mol. The van der Waals surface area contributed by atoms with E-state index in [1.165, 1.54) is 4.68 Å². The quantitative estimate of drug-likeness (QED) is 0.887. The normalized spacial score (nSPS) is 19.7. The molecule has 2 heterocycles. The fourth-order valence-corrected chi connectivity index (χ4v) is 3.59. The van der Waals surface area contributed by atoms with Crippen molar-refractivity contribution in [2.75, 3.05) is 6.54 Å². The van der Waals surface area contributed by atoms with Gasteiger partial charge in [0.2, 0.25) is 11.8 Å². The molecule has 2 fully saturated rings. The smallest absolute Gasteiger partial charge is 0.275 e. The third-order valence-corrected chi connectivity index (χ3v) is 5.14. The maximum Gasteiger partial charge on any atom is 0.275 e. The Morgan fingerprint density at radius 1 is 1.19 bits per heavy atom. The highest BCUT2D eigenvalue weighted by molar-refractivity contribution is 5.89. The van der Waals surface area contributed by atoms with Crippen LogP contribution in [0.4, 0.5) is 0 Å². The molecule has 0 unspecified atom stereocenters. The topological polar surface area (TPSA) is 84.3 Å². The number of nitrogens with one attached hydrogen (secondary N) is 1. The molecule has 0 spiro atoms. The summed E-state index contributed by atoms with van der Waals surface area (Å²) in [5.41, 5.74) is 0.426. The fourth-order valence-electron chi connectivity index (χ4n) is 3.59. The van der Waals surface area contributed by atoms with Crippen molar-refractivity contribution in [3.05, 3.63) is 40.3 Å². The van der Waals surface area contributed by atoms with Crippen molar-refractivity contribution in [2.24, 2.45) is 0 Å². The van der Waals surface area contributed by atoms with Gasteiger partial charge in [0.1, 0.15) is 12.6 Å². The van der Waals surface area contributed by atoms with E-state index in [-0.39, 0.29) is 30.0 Å². The van der Waals surface area contributed by atoms with Crippen molar-refractivity contribution in [3.63, 3.8) is 0 Å². The molecule has 1 aliphatic carbocycles. The second kappa shape index (κ2) is 6.55. The molecule has 1 saturated carbocycles. The number of rotatable bonds is 4. The Morgan fingerprint density at radius 3 is 2.65 bits per heavy atom. The Hall–Kier alpha value is -2.70. The summed E-state index contributed by atoms with van der Waals surface area (Å²) in [6.07, 6.45) is 3.50. The van der Waals surface area contributed by atoms with Gasteiger partial charge in [0, 0.05) is 18.0 Å². The van der Waals surface area contributed by atoms with Gasteiger partial charge >= 0.3 is 0 Å². The molecule has 0 bridgehead atoms. The van der Waals surface area contributed by atoms with Crippen LogP contribution in [0.15, 0.2) is 29.1 Å². The Morgan fingerprint density at radius 2 is 1.92 bits per heavy atom. The number of amides is 2. The Balaban J connectivity index is 1.56. The van der Waals surface area contributed by atoms with E-state index < -0.39 is 6.04 Å². The molecule has 2 aromatic rings. The second-order valence-corrected chi connectivity index (χ2v) is 7.12. The Bertz CT molecular complexity index is 932. The minimum atomic E-state index is -0.430. The number of hydrogen-bond acceptors (Lipinski definition) is 4. The number of aryl methyl sites for hydroxylation is 1. The van der Waals surface area contributed by atoms with Gasteiger partial charge in [-0.05, 0) is 38.7 Å². The number of likely N-dealkylation sites (tertiary alicyclic amines) is 1. The second-order valence-electron chi connectivity index (χ2n) is 7.12. The van der Waals surface area contributed by atoms with E-state index in [1.54, 1.807) is 17.0 Å². The Labute approximate surface area is 151 Å². The third kappa shape index (κ3) is 3.09. The number of benzene rings is 1. The lowest BCUT2D eigenvalue weighted by atomic mass is 10.1. The maximum atomic E-state index is 12.8. The molecule has 2 aliphatic rings. The van der Waals surface area contributed by atoms with Gasteiger partial charge in [-0.2, -0.15) is 5.10 Å². The molecule has 1 aromatic carbocycles. The largest absolute Gasteiger partial charge is 0.352 e.